The van der Waals surface area contributed by atoms with Crippen LogP contribution >= 0.6 is 0 Å². The molecular formula is C22H27F3N8O. The Bertz CT molecular complexity index is 1190. The highest BCUT2D eigenvalue weighted by Gasteiger charge is 2.29. The van der Waals surface area contributed by atoms with E-state index < -0.39 is 30.7 Å². The van der Waals surface area contributed by atoms with E-state index in [0.29, 0.717) is 29.9 Å². The minimum absolute atomic E-state index is 0.112. The van der Waals surface area contributed by atoms with E-state index in [-0.39, 0.29) is 22.9 Å². The molecule has 4 rings (SSSR count). The van der Waals surface area contributed by atoms with Crippen molar-refractivity contribution in [1.29, 1.82) is 5.53 Å². The number of hydrogen-bond donors (Lipinski definition) is 3. The summed E-state index contributed by atoms with van der Waals surface area (Å²) in [5, 5.41) is 13.7. The second kappa shape index (κ2) is 9.84. The molecule has 0 bridgehead atoms. The zero-order valence-electron chi connectivity index (χ0n) is 19.1. The van der Waals surface area contributed by atoms with Gasteiger partial charge in [-0.2, -0.15) is 10.1 Å². The lowest BCUT2D eigenvalue weighted by molar-refractivity contribution is 0.149. The van der Waals surface area contributed by atoms with Gasteiger partial charge in [-0.3, -0.25) is 0 Å². The molecule has 2 aromatic heterocycles. The van der Waals surface area contributed by atoms with Gasteiger partial charge in [-0.15, -0.1) is 5.10 Å². The van der Waals surface area contributed by atoms with Crippen LogP contribution in [0.4, 0.5) is 30.5 Å². The Morgan fingerprint density at radius 3 is 2.85 bits per heavy atom. The third kappa shape index (κ3) is 4.63. The van der Waals surface area contributed by atoms with E-state index in [0.717, 1.165) is 6.54 Å². The minimum atomic E-state index is -1.10. The topological polar surface area (TPSA) is 103 Å². The van der Waals surface area contributed by atoms with Gasteiger partial charge < -0.3 is 20.3 Å². The van der Waals surface area contributed by atoms with Gasteiger partial charge in [-0.1, -0.05) is 6.07 Å². The molecule has 3 heterocycles. The Morgan fingerprint density at radius 2 is 2.18 bits per heavy atom. The molecule has 34 heavy (non-hydrogen) atoms. The number of nitrogens with zero attached hydrogens (tertiary/aromatic N) is 5. The molecule has 1 aliphatic rings. The number of anilines is 2. The van der Waals surface area contributed by atoms with Crippen molar-refractivity contribution in [3.8, 4) is 17.0 Å². The van der Waals surface area contributed by atoms with Crippen LogP contribution in [0.2, 0.25) is 0 Å². The number of benzene rings is 1. The summed E-state index contributed by atoms with van der Waals surface area (Å²) in [6.45, 7) is 2.06. The first-order valence-corrected chi connectivity index (χ1v) is 10.9. The van der Waals surface area contributed by atoms with Crippen molar-refractivity contribution in [2.24, 2.45) is 5.11 Å². The quantitative estimate of drug-likeness (QED) is 0.416. The van der Waals surface area contributed by atoms with Crippen molar-refractivity contribution >= 4 is 22.8 Å². The van der Waals surface area contributed by atoms with E-state index in [2.05, 4.69) is 25.8 Å². The van der Waals surface area contributed by atoms with E-state index in [1.54, 1.807) is 25.1 Å². The maximum atomic E-state index is 15.2. The Balaban J connectivity index is 1.74. The first kappa shape index (κ1) is 23.7. The third-order valence-electron chi connectivity index (χ3n) is 5.84. The molecule has 3 aromatic rings. The molecule has 12 heteroatoms. The summed E-state index contributed by atoms with van der Waals surface area (Å²) < 4.78 is 49.4. The van der Waals surface area contributed by atoms with Crippen LogP contribution in [0.3, 0.4) is 0 Å². The van der Waals surface area contributed by atoms with Crippen molar-refractivity contribution in [3.63, 3.8) is 0 Å². The van der Waals surface area contributed by atoms with Gasteiger partial charge in [-0.25, -0.2) is 23.2 Å². The molecule has 0 spiro atoms. The summed E-state index contributed by atoms with van der Waals surface area (Å²) in [4.78, 5) is 6.27. The van der Waals surface area contributed by atoms with Crippen LogP contribution in [0, 0.1) is 11.3 Å². The lowest BCUT2D eigenvalue weighted by Gasteiger charge is -2.32. The summed E-state index contributed by atoms with van der Waals surface area (Å²) in [6, 6.07) is 3.76. The molecule has 0 saturated carbocycles. The van der Waals surface area contributed by atoms with Gasteiger partial charge in [0.15, 0.2) is 5.82 Å². The van der Waals surface area contributed by atoms with Crippen molar-refractivity contribution in [1.82, 2.24) is 19.5 Å². The highest BCUT2D eigenvalue weighted by atomic mass is 19.1. The van der Waals surface area contributed by atoms with Gasteiger partial charge in [0.2, 0.25) is 11.8 Å². The van der Waals surface area contributed by atoms with Gasteiger partial charge in [0.05, 0.1) is 36.6 Å². The lowest BCUT2D eigenvalue weighted by atomic mass is 10.0. The molecule has 1 aromatic carbocycles. The van der Waals surface area contributed by atoms with Gasteiger partial charge in [0.25, 0.3) is 0 Å². The smallest absolute Gasteiger partial charge is 0.244 e. The van der Waals surface area contributed by atoms with E-state index in [9.17, 15) is 8.78 Å². The van der Waals surface area contributed by atoms with Gasteiger partial charge >= 0.3 is 0 Å². The number of fused-ring (bicyclic) bond motifs is 1. The fraction of sp³-hybridized carbons (Fsp3) is 0.455. The fourth-order valence-electron chi connectivity index (χ4n) is 4.09. The highest BCUT2D eigenvalue weighted by Crippen LogP contribution is 2.38. The van der Waals surface area contributed by atoms with Gasteiger partial charge in [0.1, 0.15) is 24.1 Å². The minimum Gasteiger partial charge on any atom is -0.479 e. The Morgan fingerprint density at radius 1 is 1.38 bits per heavy atom. The van der Waals surface area contributed by atoms with Gasteiger partial charge in [0, 0.05) is 13.1 Å². The van der Waals surface area contributed by atoms with Crippen LogP contribution in [0.15, 0.2) is 29.5 Å². The molecule has 1 saturated heterocycles. The summed E-state index contributed by atoms with van der Waals surface area (Å²) >= 11 is 0. The molecule has 3 N–H and O–H groups in total. The largest absolute Gasteiger partial charge is 0.479 e. The van der Waals surface area contributed by atoms with Crippen LogP contribution in [0.25, 0.3) is 16.6 Å². The lowest BCUT2D eigenvalue weighted by Crippen LogP contribution is -2.46. The molecule has 0 radical (unpaired) electrons. The second-order valence-corrected chi connectivity index (χ2v) is 8.45. The standard InChI is InChI=1S/C22H27F3N8O/c1-12(9-23)27-18-8-13(4-5-17(18)30-26)19-15(25)11-33-20(19)21(34-3)29-22(31-33)28-16-6-7-32(2)10-14(16)24/h4-5,8,11-12,14,16,26-27H,6-7,9-10H2,1-3H3,(H,28,31)/t12-,14-,16+/m1/s1. The van der Waals surface area contributed by atoms with E-state index >= 15 is 4.39 Å². The third-order valence-corrected chi connectivity index (χ3v) is 5.84. The fourth-order valence-corrected chi connectivity index (χ4v) is 4.09. The number of methoxy groups -OCH3 is 1. The van der Waals surface area contributed by atoms with E-state index in [4.69, 9.17) is 10.3 Å². The number of ether oxygens (including phenoxy) is 1. The molecule has 182 valence electrons. The van der Waals surface area contributed by atoms with Crippen molar-refractivity contribution in [3.05, 3.63) is 30.2 Å². The van der Waals surface area contributed by atoms with Crippen LogP contribution in [-0.4, -0.2) is 71.7 Å². The first-order chi connectivity index (χ1) is 16.3. The number of nitrogens with one attached hydrogen (secondary N) is 3. The van der Waals surface area contributed by atoms with Crippen molar-refractivity contribution in [2.45, 2.75) is 31.6 Å². The van der Waals surface area contributed by atoms with E-state index in [1.165, 1.54) is 17.8 Å². The van der Waals surface area contributed by atoms with Crippen LogP contribution < -0.4 is 15.4 Å². The molecule has 1 fully saturated rings. The molecule has 3 atom stereocenters. The van der Waals surface area contributed by atoms with Crippen LogP contribution in [0.1, 0.15) is 13.3 Å². The van der Waals surface area contributed by atoms with Crippen LogP contribution in [-0.2, 0) is 0 Å². The maximum Gasteiger partial charge on any atom is 0.244 e. The summed E-state index contributed by atoms with van der Waals surface area (Å²) in [5.41, 5.74) is 8.96. The molecule has 9 nitrogen and oxygen atoms in total. The van der Waals surface area contributed by atoms with E-state index in [1.807, 2.05) is 11.9 Å². The number of piperidine rings is 1. The molecule has 0 aliphatic carbocycles. The number of hydrogen-bond acceptors (Lipinski definition) is 8. The Hall–Kier alpha value is -3.41. The normalized spacial score (nSPS) is 19.7. The average Bonchev–Trinajstić information content (AvgIpc) is 3.15. The van der Waals surface area contributed by atoms with Crippen molar-refractivity contribution in [2.75, 3.05) is 44.6 Å². The van der Waals surface area contributed by atoms with Crippen molar-refractivity contribution < 1.29 is 17.9 Å². The van der Waals surface area contributed by atoms with Crippen LogP contribution in [0.5, 0.6) is 5.88 Å². The molecule has 1 aliphatic heterocycles. The first-order valence-electron chi connectivity index (χ1n) is 10.9. The number of alkyl halides is 2. The summed E-state index contributed by atoms with van der Waals surface area (Å²) in [7, 11) is 3.27. The Kier molecular flexibility index (Phi) is 6.87. The monoisotopic (exact) mass is 476 g/mol. The molecular weight excluding hydrogens is 449 g/mol. The average molecular weight is 477 g/mol. The molecule has 0 unspecified atom stereocenters. The number of aromatic nitrogens is 3. The predicted molar refractivity (Wildman–Crippen MR) is 123 cm³/mol. The Labute approximate surface area is 194 Å². The number of halogens is 3. The highest BCUT2D eigenvalue weighted by molar-refractivity contribution is 5.88. The zero-order chi connectivity index (χ0) is 24.4. The molecule has 0 amide bonds. The summed E-state index contributed by atoms with van der Waals surface area (Å²) in [5.74, 6) is -0.335. The van der Waals surface area contributed by atoms with Gasteiger partial charge in [-0.05, 0) is 38.1 Å². The number of rotatable bonds is 8. The SMILES string of the molecule is COc1nc(N[C@H]2CCN(C)C[C@H]2F)nn2cc(F)c(-c3ccc(N=N)c(N[C@H](C)CF)c3)c12. The maximum absolute atomic E-state index is 15.2. The second-order valence-electron chi connectivity index (χ2n) is 8.45. The predicted octanol–water partition coefficient (Wildman–Crippen LogP) is 4.43. The summed E-state index contributed by atoms with van der Waals surface area (Å²) in [6.07, 6.45) is 0.675. The zero-order valence-corrected chi connectivity index (χ0v) is 19.1. The number of likely N-dealkylation sites (tertiary alicyclic amines) is 1.